The fourth-order valence-electron chi connectivity index (χ4n) is 2.88. The van der Waals surface area contributed by atoms with Crippen LogP contribution in [0.3, 0.4) is 0 Å². The maximum atomic E-state index is 11.8. The second-order valence-corrected chi connectivity index (χ2v) is 7.47. The third-order valence-electron chi connectivity index (χ3n) is 4.23. The van der Waals surface area contributed by atoms with E-state index in [1.54, 1.807) is 7.05 Å². The normalized spacial score (nSPS) is 31.6. The van der Waals surface area contributed by atoms with Gasteiger partial charge in [0.05, 0.1) is 11.0 Å². The maximum absolute atomic E-state index is 11.8. The van der Waals surface area contributed by atoms with Crippen LogP contribution < -0.4 is 10.6 Å². The van der Waals surface area contributed by atoms with Gasteiger partial charge in [-0.05, 0) is 38.9 Å². The summed E-state index contributed by atoms with van der Waals surface area (Å²) in [5.74, 6) is 2.44. The summed E-state index contributed by atoms with van der Waals surface area (Å²) in [6.07, 6.45) is 3.31. The van der Waals surface area contributed by atoms with Gasteiger partial charge in [0.15, 0.2) is 0 Å². The van der Waals surface area contributed by atoms with E-state index in [1.807, 2.05) is 25.6 Å². The van der Waals surface area contributed by atoms with Gasteiger partial charge in [-0.3, -0.25) is 4.79 Å². The van der Waals surface area contributed by atoms with E-state index >= 15 is 0 Å². The van der Waals surface area contributed by atoms with E-state index in [4.69, 9.17) is 4.74 Å². The van der Waals surface area contributed by atoms with Crippen molar-refractivity contribution in [2.24, 2.45) is 5.41 Å². The lowest BCUT2D eigenvalue weighted by atomic mass is 9.87. The zero-order valence-corrected chi connectivity index (χ0v) is 13.1. The average molecular weight is 286 g/mol. The van der Waals surface area contributed by atoms with Crippen LogP contribution in [0.1, 0.15) is 33.1 Å². The minimum atomic E-state index is -0.357. The van der Waals surface area contributed by atoms with Gasteiger partial charge in [0.2, 0.25) is 5.91 Å². The van der Waals surface area contributed by atoms with Gasteiger partial charge >= 0.3 is 0 Å². The molecule has 5 heteroatoms. The van der Waals surface area contributed by atoms with Crippen LogP contribution in [0.15, 0.2) is 0 Å². The Morgan fingerprint density at radius 2 is 2.32 bits per heavy atom. The molecule has 0 radical (unpaired) electrons. The van der Waals surface area contributed by atoms with Crippen LogP contribution in [0, 0.1) is 5.41 Å². The smallest absolute Gasteiger partial charge is 0.226 e. The topological polar surface area (TPSA) is 50.4 Å². The number of rotatable bonds is 4. The van der Waals surface area contributed by atoms with Crippen molar-refractivity contribution in [3.63, 3.8) is 0 Å². The van der Waals surface area contributed by atoms with Crippen molar-refractivity contribution in [1.82, 2.24) is 10.6 Å². The van der Waals surface area contributed by atoms with Crippen LogP contribution in [0.5, 0.6) is 0 Å². The van der Waals surface area contributed by atoms with E-state index < -0.39 is 0 Å². The summed E-state index contributed by atoms with van der Waals surface area (Å²) < 4.78 is 6.02. The Hall–Kier alpha value is -0.260. The van der Waals surface area contributed by atoms with Crippen molar-refractivity contribution in [3.8, 4) is 0 Å². The monoisotopic (exact) mass is 286 g/mol. The predicted molar refractivity (Wildman–Crippen MR) is 79.5 cm³/mol. The number of hydrogen-bond acceptors (Lipinski definition) is 4. The Balaban J connectivity index is 1.84. The van der Waals surface area contributed by atoms with Crippen molar-refractivity contribution >= 4 is 17.7 Å². The van der Waals surface area contributed by atoms with Crippen molar-refractivity contribution in [2.75, 3.05) is 31.7 Å². The van der Waals surface area contributed by atoms with Gasteiger partial charge in [-0.2, -0.15) is 11.8 Å². The highest BCUT2D eigenvalue weighted by molar-refractivity contribution is 7.99. The molecule has 2 saturated heterocycles. The van der Waals surface area contributed by atoms with E-state index in [2.05, 4.69) is 10.6 Å². The summed E-state index contributed by atoms with van der Waals surface area (Å²) in [6, 6.07) is 0.483. The minimum Gasteiger partial charge on any atom is -0.374 e. The van der Waals surface area contributed by atoms with Crippen LogP contribution in [-0.2, 0) is 9.53 Å². The van der Waals surface area contributed by atoms with Gasteiger partial charge in [-0.15, -0.1) is 0 Å². The van der Waals surface area contributed by atoms with Gasteiger partial charge in [0, 0.05) is 32.0 Å². The molecule has 1 amide bonds. The first-order chi connectivity index (χ1) is 8.97. The van der Waals surface area contributed by atoms with Crippen LogP contribution in [0.2, 0.25) is 0 Å². The predicted octanol–water partition coefficient (Wildman–Crippen LogP) is 1.40. The molecular weight excluding hydrogens is 260 g/mol. The Bertz CT molecular complexity index is 327. The summed E-state index contributed by atoms with van der Waals surface area (Å²) in [7, 11) is 1.70. The summed E-state index contributed by atoms with van der Waals surface area (Å²) >= 11 is 2.00. The largest absolute Gasteiger partial charge is 0.374 e. The summed E-state index contributed by atoms with van der Waals surface area (Å²) in [4.78, 5) is 11.8. The minimum absolute atomic E-state index is 0.0956. The molecule has 0 aromatic rings. The maximum Gasteiger partial charge on any atom is 0.226 e. The molecule has 2 aliphatic rings. The first-order valence-corrected chi connectivity index (χ1v) is 8.30. The highest BCUT2D eigenvalue weighted by Gasteiger charge is 2.40. The van der Waals surface area contributed by atoms with Crippen molar-refractivity contribution in [2.45, 2.75) is 44.8 Å². The van der Waals surface area contributed by atoms with E-state index in [9.17, 15) is 4.79 Å². The lowest BCUT2D eigenvalue weighted by Gasteiger charge is -2.39. The van der Waals surface area contributed by atoms with Gasteiger partial charge in [0.1, 0.15) is 0 Å². The number of hydrogen-bond donors (Lipinski definition) is 2. The van der Waals surface area contributed by atoms with Crippen LogP contribution in [0.25, 0.3) is 0 Å². The SMILES string of the molecule is CNC(=O)C(C)(C)CNC1CCOC2(CCSC2)C1. The van der Waals surface area contributed by atoms with Crippen LogP contribution in [-0.4, -0.2) is 49.3 Å². The molecule has 0 aromatic heterocycles. The molecule has 2 unspecified atom stereocenters. The first-order valence-electron chi connectivity index (χ1n) is 7.15. The third kappa shape index (κ3) is 3.64. The molecule has 110 valence electrons. The Kier molecular flexibility index (Phi) is 4.79. The fraction of sp³-hybridized carbons (Fsp3) is 0.929. The number of amides is 1. The van der Waals surface area contributed by atoms with E-state index in [-0.39, 0.29) is 16.9 Å². The van der Waals surface area contributed by atoms with Gasteiger partial charge in [-0.25, -0.2) is 0 Å². The summed E-state index contributed by atoms with van der Waals surface area (Å²) in [5, 5.41) is 6.31. The second-order valence-electron chi connectivity index (χ2n) is 6.37. The lowest BCUT2D eigenvalue weighted by molar-refractivity contribution is -0.128. The number of ether oxygens (including phenoxy) is 1. The highest BCUT2D eigenvalue weighted by Crippen LogP contribution is 2.38. The molecule has 2 atom stereocenters. The van der Waals surface area contributed by atoms with E-state index in [1.165, 1.54) is 12.2 Å². The van der Waals surface area contributed by atoms with Gasteiger partial charge < -0.3 is 15.4 Å². The van der Waals surface area contributed by atoms with E-state index in [0.717, 1.165) is 31.7 Å². The Labute approximate surface area is 120 Å². The molecule has 0 aromatic carbocycles. The molecule has 1 spiro atoms. The molecule has 0 bridgehead atoms. The standard InChI is InChI=1S/C14H26N2O2S/c1-13(2,12(17)15-3)9-16-11-4-6-18-14(8-11)5-7-19-10-14/h11,16H,4-10H2,1-3H3,(H,15,17). The third-order valence-corrected chi connectivity index (χ3v) is 5.46. The molecule has 2 fully saturated rings. The second kappa shape index (κ2) is 6.02. The molecule has 2 aliphatic heterocycles. The number of carbonyl (C=O) groups is 1. The molecular formula is C14H26N2O2S. The summed E-state index contributed by atoms with van der Waals surface area (Å²) in [6.45, 7) is 5.54. The number of thioether (sulfide) groups is 1. The zero-order valence-electron chi connectivity index (χ0n) is 12.3. The molecule has 4 nitrogen and oxygen atoms in total. The van der Waals surface area contributed by atoms with Crippen molar-refractivity contribution in [3.05, 3.63) is 0 Å². The quantitative estimate of drug-likeness (QED) is 0.820. The molecule has 2 N–H and O–H groups in total. The van der Waals surface area contributed by atoms with Crippen molar-refractivity contribution in [1.29, 1.82) is 0 Å². The summed E-state index contributed by atoms with van der Waals surface area (Å²) in [5.41, 5.74) is -0.248. The zero-order chi connectivity index (χ0) is 13.9. The van der Waals surface area contributed by atoms with E-state index in [0.29, 0.717) is 6.04 Å². The van der Waals surface area contributed by atoms with Gasteiger partial charge in [0.25, 0.3) is 0 Å². The Morgan fingerprint density at radius 3 is 2.95 bits per heavy atom. The fourth-order valence-corrected chi connectivity index (χ4v) is 4.26. The number of carbonyl (C=O) groups excluding carboxylic acids is 1. The van der Waals surface area contributed by atoms with Gasteiger partial charge in [-0.1, -0.05) is 0 Å². The average Bonchev–Trinajstić information content (AvgIpc) is 2.83. The first kappa shape index (κ1) is 15.1. The molecule has 2 rings (SSSR count). The highest BCUT2D eigenvalue weighted by atomic mass is 32.2. The number of nitrogens with one attached hydrogen (secondary N) is 2. The Morgan fingerprint density at radius 1 is 1.53 bits per heavy atom. The van der Waals surface area contributed by atoms with Crippen LogP contribution in [0.4, 0.5) is 0 Å². The molecule has 0 aliphatic carbocycles. The van der Waals surface area contributed by atoms with Crippen LogP contribution >= 0.6 is 11.8 Å². The van der Waals surface area contributed by atoms with Crippen molar-refractivity contribution < 1.29 is 9.53 Å². The lowest BCUT2D eigenvalue weighted by Crippen LogP contribution is -2.51. The molecule has 19 heavy (non-hydrogen) atoms. The molecule has 2 heterocycles. The molecule has 0 saturated carbocycles.